The summed E-state index contributed by atoms with van der Waals surface area (Å²) in [6, 6.07) is 1.44. The first kappa shape index (κ1) is 12.3. The molecule has 1 heterocycles. The number of hydrogen-bond donors (Lipinski definition) is 1. The number of piperazine rings is 1. The monoisotopic (exact) mass is 225 g/mol. The van der Waals surface area contributed by atoms with Gasteiger partial charge in [0.1, 0.15) is 0 Å². The molecule has 0 bridgehead atoms. The molecular formula is C13H27N3. The van der Waals surface area contributed by atoms with E-state index in [1.807, 2.05) is 0 Å². The van der Waals surface area contributed by atoms with Gasteiger partial charge in [0.05, 0.1) is 0 Å². The zero-order valence-corrected chi connectivity index (χ0v) is 11.1. The first-order valence-corrected chi connectivity index (χ1v) is 6.77. The molecule has 2 rings (SSSR count). The van der Waals surface area contributed by atoms with Gasteiger partial charge in [-0.15, -0.1) is 0 Å². The molecule has 0 aromatic rings. The van der Waals surface area contributed by atoms with Crippen LogP contribution in [0.4, 0.5) is 0 Å². The van der Waals surface area contributed by atoms with Gasteiger partial charge in [0.25, 0.3) is 0 Å². The van der Waals surface area contributed by atoms with Gasteiger partial charge < -0.3 is 10.2 Å². The Morgan fingerprint density at radius 3 is 2.50 bits per heavy atom. The zero-order valence-electron chi connectivity index (χ0n) is 11.1. The lowest BCUT2D eigenvalue weighted by molar-refractivity contribution is 0.0721. The van der Waals surface area contributed by atoms with Gasteiger partial charge in [0.15, 0.2) is 0 Å². The third-order valence-corrected chi connectivity index (χ3v) is 4.43. The van der Waals surface area contributed by atoms with Gasteiger partial charge in [-0.25, -0.2) is 0 Å². The van der Waals surface area contributed by atoms with Crippen LogP contribution in [0.3, 0.4) is 0 Å². The van der Waals surface area contributed by atoms with E-state index in [2.05, 4.69) is 36.3 Å². The first-order valence-electron chi connectivity index (χ1n) is 6.77. The van der Waals surface area contributed by atoms with Gasteiger partial charge >= 0.3 is 0 Å². The van der Waals surface area contributed by atoms with E-state index in [0.29, 0.717) is 6.04 Å². The summed E-state index contributed by atoms with van der Waals surface area (Å²) in [6.07, 6.45) is 5.76. The maximum atomic E-state index is 3.56. The largest absolute Gasteiger partial charge is 0.314 e. The van der Waals surface area contributed by atoms with E-state index >= 15 is 0 Å². The summed E-state index contributed by atoms with van der Waals surface area (Å²) in [5, 5.41) is 3.56. The molecule has 1 saturated heterocycles. The van der Waals surface area contributed by atoms with E-state index in [9.17, 15) is 0 Å². The number of hydrogen-bond acceptors (Lipinski definition) is 3. The van der Waals surface area contributed by atoms with Crippen molar-refractivity contribution < 1.29 is 0 Å². The van der Waals surface area contributed by atoms with Crippen molar-refractivity contribution in [2.75, 3.05) is 40.8 Å². The number of likely N-dealkylation sites (N-methyl/N-ethyl adjacent to an activating group) is 2. The third kappa shape index (κ3) is 2.58. The lowest BCUT2D eigenvalue weighted by Crippen LogP contribution is -2.59. The molecule has 3 nitrogen and oxygen atoms in total. The molecule has 0 aromatic carbocycles. The molecule has 1 saturated carbocycles. The highest BCUT2D eigenvalue weighted by atomic mass is 15.3. The Hall–Kier alpha value is -0.120. The van der Waals surface area contributed by atoms with Crippen LogP contribution in [0.25, 0.3) is 0 Å². The molecule has 2 unspecified atom stereocenters. The molecule has 1 aliphatic carbocycles. The molecule has 1 aliphatic heterocycles. The Balaban J connectivity index is 2.04. The van der Waals surface area contributed by atoms with Crippen molar-refractivity contribution in [3.63, 3.8) is 0 Å². The lowest BCUT2D eigenvalue weighted by atomic mass is 9.89. The minimum atomic E-state index is 0.701. The standard InChI is InChI=1S/C13H27N3/c1-15(2)13(11-6-4-5-7-11)12-10-14-8-9-16(12)3/h11-14H,4-10H2,1-3H3. The summed E-state index contributed by atoms with van der Waals surface area (Å²) in [7, 11) is 6.80. The Bertz CT molecular complexity index is 211. The van der Waals surface area contributed by atoms with Crippen LogP contribution < -0.4 is 5.32 Å². The highest BCUT2D eigenvalue weighted by Crippen LogP contribution is 2.32. The molecule has 2 atom stereocenters. The topological polar surface area (TPSA) is 18.5 Å². The molecule has 0 spiro atoms. The van der Waals surface area contributed by atoms with Crippen molar-refractivity contribution in [1.29, 1.82) is 0 Å². The fourth-order valence-electron chi connectivity index (χ4n) is 3.59. The van der Waals surface area contributed by atoms with E-state index in [1.54, 1.807) is 0 Å². The fourth-order valence-corrected chi connectivity index (χ4v) is 3.59. The summed E-state index contributed by atoms with van der Waals surface area (Å²) in [4.78, 5) is 5.02. The predicted molar refractivity (Wildman–Crippen MR) is 68.7 cm³/mol. The normalized spacial score (nSPS) is 31.1. The molecule has 2 fully saturated rings. The average Bonchev–Trinajstić information content (AvgIpc) is 2.74. The van der Waals surface area contributed by atoms with E-state index < -0.39 is 0 Å². The SMILES string of the molecule is CN(C)C(C1CCCC1)C1CNCCN1C. The van der Waals surface area contributed by atoms with E-state index in [0.717, 1.165) is 25.0 Å². The molecular weight excluding hydrogens is 198 g/mol. The van der Waals surface area contributed by atoms with Gasteiger partial charge in [-0.2, -0.15) is 0 Å². The molecule has 16 heavy (non-hydrogen) atoms. The summed E-state index contributed by atoms with van der Waals surface area (Å²) in [6.45, 7) is 3.51. The van der Waals surface area contributed by atoms with Crippen LogP contribution in [0, 0.1) is 5.92 Å². The minimum Gasteiger partial charge on any atom is -0.314 e. The van der Waals surface area contributed by atoms with Gasteiger partial charge in [-0.05, 0) is 39.9 Å². The minimum absolute atomic E-state index is 0.701. The summed E-state index contributed by atoms with van der Waals surface area (Å²) in [5.74, 6) is 0.919. The van der Waals surface area contributed by atoms with Crippen molar-refractivity contribution in [3.8, 4) is 0 Å². The molecule has 2 aliphatic rings. The van der Waals surface area contributed by atoms with Gasteiger partial charge in [-0.3, -0.25) is 4.90 Å². The summed E-state index contributed by atoms with van der Waals surface area (Å²) in [5.41, 5.74) is 0. The van der Waals surface area contributed by atoms with Crippen molar-refractivity contribution in [2.24, 2.45) is 5.92 Å². The van der Waals surface area contributed by atoms with Crippen LogP contribution >= 0.6 is 0 Å². The Labute approximate surface area is 100 Å². The fraction of sp³-hybridized carbons (Fsp3) is 1.00. The Morgan fingerprint density at radius 2 is 1.94 bits per heavy atom. The molecule has 0 amide bonds. The van der Waals surface area contributed by atoms with Crippen LogP contribution in [0.2, 0.25) is 0 Å². The molecule has 0 aromatic heterocycles. The quantitative estimate of drug-likeness (QED) is 0.773. The summed E-state index contributed by atoms with van der Waals surface area (Å²) >= 11 is 0. The van der Waals surface area contributed by atoms with Crippen LogP contribution in [-0.4, -0.2) is 62.7 Å². The first-order chi connectivity index (χ1) is 7.70. The molecule has 1 N–H and O–H groups in total. The molecule has 94 valence electrons. The number of nitrogens with one attached hydrogen (secondary N) is 1. The van der Waals surface area contributed by atoms with Gasteiger partial charge in [-0.1, -0.05) is 12.8 Å². The van der Waals surface area contributed by atoms with Crippen molar-refractivity contribution in [3.05, 3.63) is 0 Å². The Kier molecular flexibility index (Phi) is 4.22. The van der Waals surface area contributed by atoms with E-state index in [4.69, 9.17) is 0 Å². The second-order valence-corrected chi connectivity index (χ2v) is 5.75. The van der Waals surface area contributed by atoms with Crippen LogP contribution in [0.5, 0.6) is 0 Å². The van der Waals surface area contributed by atoms with Crippen LogP contribution in [-0.2, 0) is 0 Å². The summed E-state index contributed by atoms with van der Waals surface area (Å²) < 4.78 is 0. The van der Waals surface area contributed by atoms with Gasteiger partial charge in [0.2, 0.25) is 0 Å². The molecule has 0 radical (unpaired) electrons. The van der Waals surface area contributed by atoms with Crippen LogP contribution in [0.1, 0.15) is 25.7 Å². The van der Waals surface area contributed by atoms with Crippen molar-refractivity contribution >= 4 is 0 Å². The maximum absolute atomic E-state index is 3.56. The maximum Gasteiger partial charge on any atom is 0.0376 e. The van der Waals surface area contributed by atoms with Crippen LogP contribution in [0.15, 0.2) is 0 Å². The second-order valence-electron chi connectivity index (χ2n) is 5.75. The zero-order chi connectivity index (χ0) is 11.5. The van der Waals surface area contributed by atoms with E-state index in [1.165, 1.54) is 32.2 Å². The van der Waals surface area contributed by atoms with Crippen molar-refractivity contribution in [2.45, 2.75) is 37.8 Å². The molecule has 3 heteroatoms. The lowest BCUT2D eigenvalue weighted by Gasteiger charge is -2.44. The highest BCUT2D eigenvalue weighted by Gasteiger charge is 2.35. The average molecular weight is 225 g/mol. The smallest absolute Gasteiger partial charge is 0.0376 e. The second kappa shape index (κ2) is 5.48. The number of rotatable bonds is 3. The third-order valence-electron chi connectivity index (χ3n) is 4.43. The van der Waals surface area contributed by atoms with Gasteiger partial charge in [0, 0.05) is 31.7 Å². The van der Waals surface area contributed by atoms with Crippen molar-refractivity contribution in [1.82, 2.24) is 15.1 Å². The number of nitrogens with zero attached hydrogens (tertiary/aromatic N) is 2. The van der Waals surface area contributed by atoms with E-state index in [-0.39, 0.29) is 0 Å². The predicted octanol–water partition coefficient (Wildman–Crippen LogP) is 1.01. The Morgan fingerprint density at radius 1 is 1.25 bits per heavy atom. The highest BCUT2D eigenvalue weighted by molar-refractivity contribution is 4.93.